The predicted octanol–water partition coefficient (Wildman–Crippen LogP) is 2.78. The summed E-state index contributed by atoms with van der Waals surface area (Å²) in [5, 5.41) is 10.1. The Morgan fingerprint density at radius 1 is 1.11 bits per heavy atom. The third kappa shape index (κ3) is 4.55. The fraction of sp³-hybridized carbons (Fsp3) is 0.211. The van der Waals surface area contributed by atoms with Crippen LogP contribution in [0, 0.1) is 0 Å². The minimum atomic E-state index is -0.330. The summed E-state index contributed by atoms with van der Waals surface area (Å²) in [5.41, 5.74) is 2.40. The number of benzene rings is 1. The van der Waals surface area contributed by atoms with Crippen LogP contribution in [0.3, 0.4) is 0 Å². The van der Waals surface area contributed by atoms with E-state index in [0.717, 1.165) is 11.3 Å². The highest BCUT2D eigenvalue weighted by molar-refractivity contribution is 5.91. The van der Waals surface area contributed by atoms with Crippen molar-refractivity contribution in [2.45, 2.75) is 6.54 Å². The fourth-order valence-corrected chi connectivity index (χ4v) is 2.60. The number of nitrogens with zero attached hydrogens (tertiary/aromatic N) is 3. The molecule has 2 amide bonds. The topological polar surface area (TPSA) is 90.3 Å². The molecule has 8 heteroatoms. The van der Waals surface area contributed by atoms with E-state index in [1.807, 2.05) is 24.4 Å². The Kier molecular flexibility index (Phi) is 5.88. The van der Waals surface area contributed by atoms with Gasteiger partial charge in [-0.25, -0.2) is 4.79 Å². The average molecular weight is 367 g/mol. The molecular weight excluding hydrogens is 346 g/mol. The normalized spacial score (nSPS) is 10.3. The molecule has 3 aromatic rings. The van der Waals surface area contributed by atoms with Crippen LogP contribution in [0.4, 0.5) is 10.5 Å². The standard InChI is InChI=1S/C19H21N5O3/c1-26-17-5-3-4-16(18(17)27-2)22-19(25)21-11-13-24-12-8-15(23-24)14-6-9-20-10-7-14/h3-10,12H,11,13H2,1-2H3,(H2,21,22,25). The molecular formula is C19H21N5O3. The minimum Gasteiger partial charge on any atom is -0.493 e. The molecule has 0 aliphatic heterocycles. The van der Waals surface area contributed by atoms with Crippen molar-refractivity contribution in [2.24, 2.45) is 0 Å². The summed E-state index contributed by atoms with van der Waals surface area (Å²) in [5.74, 6) is 1.03. The Labute approximate surface area is 157 Å². The molecule has 0 aliphatic carbocycles. The summed E-state index contributed by atoms with van der Waals surface area (Å²) in [6.07, 6.45) is 5.33. The number of carbonyl (C=O) groups is 1. The molecule has 0 atom stereocenters. The lowest BCUT2D eigenvalue weighted by molar-refractivity contribution is 0.251. The number of amides is 2. The van der Waals surface area contributed by atoms with Gasteiger partial charge in [-0.15, -0.1) is 0 Å². The maximum atomic E-state index is 12.1. The molecule has 0 aliphatic rings. The number of pyridine rings is 1. The second-order valence-corrected chi connectivity index (χ2v) is 5.62. The molecule has 0 unspecified atom stereocenters. The first-order chi connectivity index (χ1) is 13.2. The molecule has 2 heterocycles. The molecule has 140 valence electrons. The number of rotatable bonds is 7. The summed E-state index contributed by atoms with van der Waals surface area (Å²) in [7, 11) is 3.07. The molecule has 1 aromatic carbocycles. The van der Waals surface area contributed by atoms with E-state index in [4.69, 9.17) is 9.47 Å². The molecule has 0 radical (unpaired) electrons. The zero-order valence-electron chi connectivity index (χ0n) is 15.2. The minimum absolute atomic E-state index is 0.330. The summed E-state index contributed by atoms with van der Waals surface area (Å²) in [4.78, 5) is 16.1. The van der Waals surface area contributed by atoms with Crippen LogP contribution in [0.5, 0.6) is 11.5 Å². The van der Waals surface area contributed by atoms with Crippen molar-refractivity contribution < 1.29 is 14.3 Å². The number of aromatic nitrogens is 3. The zero-order valence-corrected chi connectivity index (χ0v) is 15.2. The van der Waals surface area contributed by atoms with E-state index in [1.165, 1.54) is 7.11 Å². The van der Waals surface area contributed by atoms with Crippen molar-refractivity contribution >= 4 is 11.7 Å². The fourth-order valence-electron chi connectivity index (χ4n) is 2.60. The van der Waals surface area contributed by atoms with Gasteiger partial charge in [-0.1, -0.05) is 6.07 Å². The number of anilines is 1. The first-order valence-corrected chi connectivity index (χ1v) is 8.41. The van der Waals surface area contributed by atoms with Gasteiger partial charge < -0.3 is 20.1 Å². The Morgan fingerprint density at radius 2 is 1.93 bits per heavy atom. The van der Waals surface area contributed by atoms with E-state index in [0.29, 0.717) is 30.3 Å². The van der Waals surface area contributed by atoms with Gasteiger partial charge in [0, 0.05) is 30.7 Å². The maximum Gasteiger partial charge on any atom is 0.319 e. The predicted molar refractivity (Wildman–Crippen MR) is 102 cm³/mol. The maximum absolute atomic E-state index is 12.1. The van der Waals surface area contributed by atoms with Gasteiger partial charge in [-0.2, -0.15) is 5.10 Å². The molecule has 0 fully saturated rings. The molecule has 2 aromatic heterocycles. The van der Waals surface area contributed by atoms with Crippen molar-refractivity contribution in [1.82, 2.24) is 20.1 Å². The second kappa shape index (κ2) is 8.70. The summed E-state index contributed by atoms with van der Waals surface area (Å²) < 4.78 is 12.3. The average Bonchev–Trinajstić information content (AvgIpc) is 3.17. The van der Waals surface area contributed by atoms with Gasteiger partial charge in [0.15, 0.2) is 11.5 Å². The van der Waals surface area contributed by atoms with Crippen LogP contribution >= 0.6 is 0 Å². The highest BCUT2D eigenvalue weighted by atomic mass is 16.5. The number of ether oxygens (including phenoxy) is 2. The van der Waals surface area contributed by atoms with Crippen molar-refractivity contribution in [2.75, 3.05) is 26.1 Å². The number of nitrogens with one attached hydrogen (secondary N) is 2. The quantitative estimate of drug-likeness (QED) is 0.670. The first-order valence-electron chi connectivity index (χ1n) is 8.41. The van der Waals surface area contributed by atoms with Crippen molar-refractivity contribution in [3.63, 3.8) is 0 Å². The van der Waals surface area contributed by atoms with Gasteiger partial charge >= 0.3 is 6.03 Å². The van der Waals surface area contributed by atoms with E-state index >= 15 is 0 Å². The molecule has 0 saturated carbocycles. The summed E-state index contributed by atoms with van der Waals surface area (Å²) in [6, 6.07) is 10.7. The lowest BCUT2D eigenvalue weighted by Crippen LogP contribution is -2.31. The number of carbonyl (C=O) groups excluding carboxylic acids is 1. The number of hydrogen-bond acceptors (Lipinski definition) is 5. The molecule has 0 bridgehead atoms. The second-order valence-electron chi connectivity index (χ2n) is 5.62. The van der Waals surface area contributed by atoms with Crippen LogP contribution in [0.2, 0.25) is 0 Å². The largest absolute Gasteiger partial charge is 0.493 e. The summed E-state index contributed by atoms with van der Waals surface area (Å²) >= 11 is 0. The molecule has 0 spiro atoms. The van der Waals surface area contributed by atoms with Crippen LogP contribution in [0.1, 0.15) is 0 Å². The highest BCUT2D eigenvalue weighted by Crippen LogP contribution is 2.34. The van der Waals surface area contributed by atoms with E-state index in [2.05, 4.69) is 20.7 Å². The van der Waals surface area contributed by atoms with Gasteiger partial charge in [0.25, 0.3) is 0 Å². The number of para-hydroxylation sites is 1. The molecule has 0 saturated heterocycles. The van der Waals surface area contributed by atoms with Gasteiger partial charge in [0.2, 0.25) is 0 Å². The van der Waals surface area contributed by atoms with Crippen molar-refractivity contribution in [3.05, 3.63) is 55.0 Å². The monoisotopic (exact) mass is 367 g/mol. The van der Waals surface area contributed by atoms with Gasteiger partial charge in [0.05, 0.1) is 32.1 Å². The summed E-state index contributed by atoms with van der Waals surface area (Å²) in [6.45, 7) is 0.976. The van der Waals surface area contributed by atoms with E-state index in [9.17, 15) is 4.79 Å². The van der Waals surface area contributed by atoms with Gasteiger partial charge in [0.1, 0.15) is 0 Å². The van der Waals surface area contributed by atoms with Gasteiger partial charge in [-0.3, -0.25) is 9.67 Å². The van der Waals surface area contributed by atoms with Crippen LogP contribution in [-0.4, -0.2) is 41.6 Å². The highest BCUT2D eigenvalue weighted by Gasteiger charge is 2.11. The molecule has 3 rings (SSSR count). The third-order valence-electron chi connectivity index (χ3n) is 3.89. The van der Waals surface area contributed by atoms with E-state index < -0.39 is 0 Å². The first kappa shape index (κ1) is 18.2. The molecule has 8 nitrogen and oxygen atoms in total. The SMILES string of the molecule is COc1cccc(NC(=O)NCCn2ccc(-c3ccncc3)n2)c1OC. The smallest absolute Gasteiger partial charge is 0.319 e. The number of methoxy groups -OCH3 is 2. The lowest BCUT2D eigenvalue weighted by atomic mass is 10.2. The third-order valence-corrected chi connectivity index (χ3v) is 3.89. The number of hydrogen-bond donors (Lipinski definition) is 2. The van der Waals surface area contributed by atoms with Crippen molar-refractivity contribution in [3.8, 4) is 22.8 Å². The molecule has 27 heavy (non-hydrogen) atoms. The van der Waals surface area contributed by atoms with Crippen LogP contribution in [0.25, 0.3) is 11.3 Å². The van der Waals surface area contributed by atoms with Crippen LogP contribution < -0.4 is 20.1 Å². The van der Waals surface area contributed by atoms with Gasteiger partial charge in [-0.05, 0) is 30.3 Å². The Bertz CT molecular complexity index is 895. The van der Waals surface area contributed by atoms with E-state index in [1.54, 1.807) is 42.4 Å². The lowest BCUT2D eigenvalue weighted by Gasteiger charge is -2.13. The Balaban J connectivity index is 1.53. The van der Waals surface area contributed by atoms with Crippen molar-refractivity contribution in [1.29, 1.82) is 0 Å². The Hall–Kier alpha value is -3.55. The zero-order chi connectivity index (χ0) is 19.1. The van der Waals surface area contributed by atoms with E-state index in [-0.39, 0.29) is 6.03 Å². The van der Waals surface area contributed by atoms with Crippen LogP contribution in [-0.2, 0) is 6.54 Å². The number of urea groups is 1. The Morgan fingerprint density at radius 3 is 2.67 bits per heavy atom. The molecule has 2 N–H and O–H groups in total. The van der Waals surface area contributed by atoms with Crippen LogP contribution in [0.15, 0.2) is 55.0 Å².